The number of nitrogens with one attached hydrogen (secondary N) is 1. The number of methoxy groups -OCH3 is 1. The Balaban J connectivity index is 1.48. The highest BCUT2D eigenvalue weighted by atomic mass is 16.5. The lowest BCUT2D eigenvalue weighted by molar-refractivity contribution is 0.0600. The number of nitrogens with zero attached hydrogens (tertiary/aromatic N) is 2. The number of hydrogen-bond acceptors (Lipinski definition) is 5. The molecule has 1 aliphatic heterocycles. The molecule has 3 aromatic rings. The fourth-order valence-electron chi connectivity index (χ4n) is 3.59. The smallest absolute Gasteiger partial charge is 0.337 e. The van der Waals surface area contributed by atoms with Crippen LogP contribution in [-0.2, 0) is 11.2 Å². The van der Waals surface area contributed by atoms with Gasteiger partial charge in [0.2, 0.25) is 0 Å². The van der Waals surface area contributed by atoms with Gasteiger partial charge in [0.1, 0.15) is 5.82 Å². The maximum Gasteiger partial charge on any atom is 0.337 e. The van der Waals surface area contributed by atoms with E-state index in [9.17, 15) is 9.59 Å². The van der Waals surface area contributed by atoms with Crippen molar-refractivity contribution in [3.63, 3.8) is 0 Å². The van der Waals surface area contributed by atoms with E-state index in [0.29, 0.717) is 22.9 Å². The topological polar surface area (TPSA) is 71.5 Å². The summed E-state index contributed by atoms with van der Waals surface area (Å²) >= 11 is 0. The highest BCUT2D eigenvalue weighted by molar-refractivity contribution is 6.04. The van der Waals surface area contributed by atoms with E-state index in [1.807, 2.05) is 18.2 Å². The predicted octanol–water partition coefficient (Wildman–Crippen LogP) is 4.20. The van der Waals surface area contributed by atoms with Gasteiger partial charge in [0, 0.05) is 23.6 Å². The fraction of sp³-hybridized carbons (Fsp3) is 0.174. The van der Waals surface area contributed by atoms with E-state index in [1.54, 1.807) is 36.5 Å². The van der Waals surface area contributed by atoms with Crippen molar-refractivity contribution >= 4 is 29.1 Å². The van der Waals surface area contributed by atoms with Crippen molar-refractivity contribution in [3.8, 4) is 0 Å². The zero-order valence-corrected chi connectivity index (χ0v) is 16.3. The molecule has 0 saturated heterocycles. The van der Waals surface area contributed by atoms with Crippen LogP contribution in [-0.4, -0.2) is 30.0 Å². The minimum absolute atomic E-state index is 0.260. The van der Waals surface area contributed by atoms with Gasteiger partial charge in [-0.3, -0.25) is 4.79 Å². The minimum Gasteiger partial charge on any atom is -0.465 e. The zero-order valence-electron chi connectivity index (χ0n) is 16.3. The van der Waals surface area contributed by atoms with Gasteiger partial charge in [-0.15, -0.1) is 0 Å². The first-order valence-corrected chi connectivity index (χ1v) is 9.40. The first-order chi connectivity index (χ1) is 14.1. The van der Waals surface area contributed by atoms with Crippen LogP contribution >= 0.6 is 0 Å². The molecule has 1 aliphatic rings. The minimum atomic E-state index is -0.416. The molecule has 4 rings (SSSR count). The van der Waals surface area contributed by atoms with E-state index in [0.717, 1.165) is 17.9 Å². The number of rotatable bonds is 4. The molecule has 1 amide bonds. The van der Waals surface area contributed by atoms with Gasteiger partial charge in [-0.25, -0.2) is 9.78 Å². The Morgan fingerprint density at radius 3 is 2.45 bits per heavy atom. The van der Waals surface area contributed by atoms with Gasteiger partial charge in [-0.2, -0.15) is 0 Å². The summed E-state index contributed by atoms with van der Waals surface area (Å²) in [6.45, 7) is 2.17. The second kappa shape index (κ2) is 7.75. The molecule has 146 valence electrons. The summed E-state index contributed by atoms with van der Waals surface area (Å²) in [6, 6.07) is 18.8. The monoisotopic (exact) mass is 387 g/mol. The standard InChI is InChI=1S/C23H21N3O3/c1-15-13-17-5-3-4-6-20(17)26(15)21-12-9-18(14-24-21)22(27)25-19-10-7-16(8-11-19)23(28)29-2/h3-12,14-15H,13H2,1-2H3,(H,25,27). The van der Waals surface area contributed by atoms with Crippen LogP contribution in [0.5, 0.6) is 0 Å². The highest BCUT2D eigenvalue weighted by Crippen LogP contribution is 2.36. The SMILES string of the molecule is COC(=O)c1ccc(NC(=O)c2ccc(N3c4ccccc4CC3C)nc2)cc1. The van der Waals surface area contributed by atoms with Crippen LogP contribution in [0, 0.1) is 0 Å². The third-order valence-corrected chi connectivity index (χ3v) is 5.03. The van der Waals surface area contributed by atoms with Gasteiger partial charge < -0.3 is 15.0 Å². The summed E-state index contributed by atoms with van der Waals surface area (Å²) in [6.07, 6.45) is 2.56. The quantitative estimate of drug-likeness (QED) is 0.679. The summed E-state index contributed by atoms with van der Waals surface area (Å²) in [5.74, 6) is 0.145. The lowest BCUT2D eigenvalue weighted by Crippen LogP contribution is -2.25. The number of benzene rings is 2. The maximum atomic E-state index is 12.5. The van der Waals surface area contributed by atoms with E-state index < -0.39 is 5.97 Å². The number of carbonyl (C=O) groups is 2. The molecule has 1 N–H and O–H groups in total. The molecule has 6 heteroatoms. The predicted molar refractivity (Wildman–Crippen MR) is 112 cm³/mol. The third kappa shape index (κ3) is 3.69. The van der Waals surface area contributed by atoms with Gasteiger partial charge >= 0.3 is 5.97 Å². The van der Waals surface area contributed by atoms with Crippen molar-refractivity contribution < 1.29 is 14.3 Å². The molecule has 29 heavy (non-hydrogen) atoms. The Labute approximate surface area is 169 Å². The summed E-state index contributed by atoms with van der Waals surface area (Å²) in [4.78, 5) is 30.7. The van der Waals surface area contributed by atoms with Crippen LogP contribution in [0.4, 0.5) is 17.2 Å². The average Bonchev–Trinajstić information content (AvgIpc) is 3.09. The summed E-state index contributed by atoms with van der Waals surface area (Å²) in [5.41, 5.74) is 3.95. The first kappa shape index (κ1) is 18.7. The van der Waals surface area contributed by atoms with Gasteiger partial charge in [-0.05, 0) is 61.4 Å². The Hall–Kier alpha value is -3.67. The zero-order chi connectivity index (χ0) is 20.4. The van der Waals surface area contributed by atoms with Gasteiger partial charge in [0.05, 0.1) is 18.2 Å². The van der Waals surface area contributed by atoms with Crippen LogP contribution in [0.2, 0.25) is 0 Å². The summed E-state index contributed by atoms with van der Waals surface area (Å²) < 4.78 is 4.67. The molecular weight excluding hydrogens is 366 g/mol. The van der Waals surface area contributed by atoms with Crippen LogP contribution in [0.3, 0.4) is 0 Å². The number of ether oxygens (including phenoxy) is 1. The molecular formula is C23H21N3O3. The molecule has 0 bridgehead atoms. The largest absolute Gasteiger partial charge is 0.465 e. The Morgan fingerprint density at radius 1 is 1.03 bits per heavy atom. The number of hydrogen-bond donors (Lipinski definition) is 1. The number of anilines is 3. The maximum absolute atomic E-state index is 12.5. The van der Waals surface area contributed by atoms with E-state index in [1.165, 1.54) is 12.7 Å². The van der Waals surface area contributed by atoms with E-state index >= 15 is 0 Å². The Bertz CT molecular complexity index is 1050. The van der Waals surface area contributed by atoms with Crippen molar-refractivity contribution in [1.82, 2.24) is 4.98 Å². The first-order valence-electron chi connectivity index (χ1n) is 9.40. The third-order valence-electron chi connectivity index (χ3n) is 5.03. The van der Waals surface area contributed by atoms with E-state index in [2.05, 4.69) is 39.0 Å². The van der Waals surface area contributed by atoms with E-state index in [4.69, 9.17) is 0 Å². The molecule has 6 nitrogen and oxygen atoms in total. The molecule has 0 saturated carbocycles. The fourth-order valence-corrected chi connectivity index (χ4v) is 3.59. The number of fused-ring (bicyclic) bond motifs is 1. The second-order valence-corrected chi connectivity index (χ2v) is 6.98. The Morgan fingerprint density at radius 2 is 1.76 bits per heavy atom. The van der Waals surface area contributed by atoms with Crippen LogP contribution < -0.4 is 10.2 Å². The molecule has 0 radical (unpaired) electrons. The summed E-state index contributed by atoms with van der Waals surface area (Å²) in [5, 5.41) is 2.81. The van der Waals surface area contributed by atoms with Crippen LogP contribution in [0.25, 0.3) is 0 Å². The molecule has 1 atom stereocenters. The van der Waals surface area contributed by atoms with Crippen molar-refractivity contribution in [3.05, 3.63) is 83.6 Å². The van der Waals surface area contributed by atoms with Crippen molar-refractivity contribution in [1.29, 1.82) is 0 Å². The molecule has 1 unspecified atom stereocenters. The number of pyridine rings is 1. The van der Waals surface area contributed by atoms with Gasteiger partial charge in [-0.1, -0.05) is 18.2 Å². The van der Waals surface area contributed by atoms with Crippen LogP contribution in [0.1, 0.15) is 33.2 Å². The Kier molecular flexibility index (Phi) is 4.99. The molecule has 1 aromatic heterocycles. The number of amides is 1. The molecule has 0 spiro atoms. The van der Waals surface area contributed by atoms with Crippen molar-refractivity contribution in [2.24, 2.45) is 0 Å². The lowest BCUT2D eigenvalue weighted by Gasteiger charge is -2.23. The van der Waals surface area contributed by atoms with Gasteiger partial charge in [0.25, 0.3) is 5.91 Å². The number of aromatic nitrogens is 1. The van der Waals surface area contributed by atoms with Crippen molar-refractivity contribution in [2.45, 2.75) is 19.4 Å². The summed E-state index contributed by atoms with van der Waals surface area (Å²) in [7, 11) is 1.33. The molecule has 0 aliphatic carbocycles. The average molecular weight is 387 g/mol. The van der Waals surface area contributed by atoms with Crippen LogP contribution in [0.15, 0.2) is 66.9 Å². The highest BCUT2D eigenvalue weighted by Gasteiger charge is 2.27. The van der Waals surface area contributed by atoms with Gasteiger partial charge in [0.15, 0.2) is 0 Å². The number of para-hydroxylation sites is 1. The lowest BCUT2D eigenvalue weighted by atomic mass is 10.1. The van der Waals surface area contributed by atoms with E-state index in [-0.39, 0.29) is 5.91 Å². The van der Waals surface area contributed by atoms with Crippen molar-refractivity contribution in [2.75, 3.05) is 17.3 Å². The number of carbonyl (C=O) groups excluding carboxylic acids is 2. The molecule has 2 aromatic carbocycles. The number of esters is 1. The normalized spacial score (nSPS) is 15.0. The molecule has 2 heterocycles. The second-order valence-electron chi connectivity index (χ2n) is 6.98. The molecule has 0 fully saturated rings.